The van der Waals surface area contributed by atoms with Crippen LogP contribution in [0.2, 0.25) is 0 Å². The van der Waals surface area contributed by atoms with Gasteiger partial charge in [0.05, 0.1) is 13.7 Å². The molecule has 4 nitrogen and oxygen atoms in total. The molecule has 1 unspecified atom stereocenters. The second-order valence-corrected chi connectivity index (χ2v) is 5.54. The van der Waals surface area contributed by atoms with Crippen LogP contribution in [0.25, 0.3) is 0 Å². The van der Waals surface area contributed by atoms with Gasteiger partial charge in [-0.3, -0.25) is 4.79 Å². The van der Waals surface area contributed by atoms with Crippen LogP contribution in [0.5, 0.6) is 5.75 Å². The standard InChI is InChI=1S/C19H23FN2O2/c1-14(16-8-4-5-9-17(16)20)22-13-19(23)21-12-11-15-7-3-6-10-18(15)24-2/h3-10,14,22H,11-13H2,1-2H3,(H,21,23). The molecule has 0 aromatic heterocycles. The third-order valence-corrected chi connectivity index (χ3v) is 3.85. The molecule has 0 spiro atoms. The van der Waals surface area contributed by atoms with Crippen molar-refractivity contribution in [3.63, 3.8) is 0 Å². The van der Waals surface area contributed by atoms with E-state index in [0.29, 0.717) is 18.5 Å². The van der Waals surface area contributed by atoms with Gasteiger partial charge in [-0.2, -0.15) is 0 Å². The van der Waals surface area contributed by atoms with Crippen LogP contribution in [0, 0.1) is 5.82 Å². The molecule has 0 fully saturated rings. The largest absolute Gasteiger partial charge is 0.496 e. The number of hydrogen-bond donors (Lipinski definition) is 2. The molecule has 2 aromatic rings. The average molecular weight is 330 g/mol. The van der Waals surface area contributed by atoms with E-state index in [1.165, 1.54) is 6.07 Å². The van der Waals surface area contributed by atoms with Crippen molar-refractivity contribution in [3.05, 3.63) is 65.5 Å². The third kappa shape index (κ3) is 5.06. The number of benzene rings is 2. The van der Waals surface area contributed by atoms with E-state index in [-0.39, 0.29) is 24.3 Å². The lowest BCUT2D eigenvalue weighted by Crippen LogP contribution is -2.36. The van der Waals surface area contributed by atoms with Crippen molar-refractivity contribution in [2.75, 3.05) is 20.2 Å². The Labute approximate surface area is 142 Å². The monoisotopic (exact) mass is 330 g/mol. The fourth-order valence-corrected chi connectivity index (χ4v) is 2.49. The van der Waals surface area contributed by atoms with E-state index in [2.05, 4.69) is 10.6 Å². The lowest BCUT2D eigenvalue weighted by atomic mass is 10.1. The van der Waals surface area contributed by atoms with E-state index >= 15 is 0 Å². The molecule has 24 heavy (non-hydrogen) atoms. The fourth-order valence-electron chi connectivity index (χ4n) is 2.49. The Morgan fingerprint density at radius 2 is 1.88 bits per heavy atom. The zero-order valence-corrected chi connectivity index (χ0v) is 14.0. The molecule has 0 aliphatic carbocycles. The maximum atomic E-state index is 13.7. The Bertz CT molecular complexity index is 676. The fraction of sp³-hybridized carbons (Fsp3) is 0.316. The lowest BCUT2D eigenvalue weighted by molar-refractivity contribution is -0.120. The summed E-state index contributed by atoms with van der Waals surface area (Å²) in [6, 6.07) is 14.1. The minimum absolute atomic E-state index is 0.118. The summed E-state index contributed by atoms with van der Waals surface area (Å²) < 4.78 is 19.0. The zero-order valence-electron chi connectivity index (χ0n) is 14.0. The van der Waals surface area contributed by atoms with Crippen molar-refractivity contribution >= 4 is 5.91 Å². The molecule has 0 bridgehead atoms. The first-order valence-corrected chi connectivity index (χ1v) is 7.98. The number of nitrogens with one attached hydrogen (secondary N) is 2. The van der Waals surface area contributed by atoms with Gasteiger partial charge in [0.2, 0.25) is 5.91 Å². The van der Waals surface area contributed by atoms with Gasteiger partial charge < -0.3 is 15.4 Å². The smallest absolute Gasteiger partial charge is 0.233 e. The van der Waals surface area contributed by atoms with Crippen LogP contribution in [0.4, 0.5) is 4.39 Å². The van der Waals surface area contributed by atoms with Gasteiger partial charge in [0, 0.05) is 18.2 Å². The summed E-state index contributed by atoms with van der Waals surface area (Å²) >= 11 is 0. The predicted octanol–water partition coefficient (Wildman–Crippen LogP) is 2.84. The highest BCUT2D eigenvalue weighted by Crippen LogP contribution is 2.17. The minimum atomic E-state index is -0.269. The molecular formula is C19H23FN2O2. The number of hydrogen-bond acceptors (Lipinski definition) is 3. The molecule has 2 N–H and O–H groups in total. The molecule has 5 heteroatoms. The summed E-state index contributed by atoms with van der Waals surface area (Å²) in [4.78, 5) is 11.9. The number of halogens is 1. The Kier molecular flexibility index (Phi) is 6.75. The number of rotatable bonds is 8. The molecule has 2 rings (SSSR count). The van der Waals surface area contributed by atoms with E-state index in [9.17, 15) is 9.18 Å². The Hall–Kier alpha value is -2.40. The molecule has 1 atom stereocenters. The summed E-state index contributed by atoms with van der Waals surface area (Å²) in [5, 5.41) is 5.89. The number of methoxy groups -OCH3 is 1. The summed E-state index contributed by atoms with van der Waals surface area (Å²) in [6.07, 6.45) is 0.693. The topological polar surface area (TPSA) is 50.4 Å². The number of carbonyl (C=O) groups is 1. The van der Waals surface area contributed by atoms with E-state index in [1.54, 1.807) is 25.3 Å². The van der Waals surface area contributed by atoms with Gasteiger partial charge in [-0.25, -0.2) is 4.39 Å². The number of para-hydroxylation sites is 1. The highest BCUT2D eigenvalue weighted by molar-refractivity contribution is 5.78. The van der Waals surface area contributed by atoms with Crippen LogP contribution in [0.3, 0.4) is 0 Å². The van der Waals surface area contributed by atoms with Crippen LogP contribution in [-0.4, -0.2) is 26.1 Å². The van der Waals surface area contributed by atoms with Gasteiger partial charge in [0.25, 0.3) is 0 Å². The molecule has 2 aromatic carbocycles. The van der Waals surface area contributed by atoms with E-state index < -0.39 is 0 Å². The SMILES string of the molecule is COc1ccccc1CCNC(=O)CNC(C)c1ccccc1F. The summed E-state index contributed by atoms with van der Waals surface area (Å²) in [6.45, 7) is 2.50. The Morgan fingerprint density at radius 1 is 1.17 bits per heavy atom. The van der Waals surface area contributed by atoms with Gasteiger partial charge in [0.15, 0.2) is 0 Å². The molecule has 1 amide bonds. The van der Waals surface area contributed by atoms with Crippen molar-refractivity contribution in [3.8, 4) is 5.75 Å². The molecule has 0 aliphatic rings. The molecule has 0 saturated carbocycles. The molecule has 0 saturated heterocycles. The van der Waals surface area contributed by atoms with Gasteiger partial charge >= 0.3 is 0 Å². The summed E-state index contributed by atoms with van der Waals surface area (Å²) in [7, 11) is 1.63. The maximum Gasteiger partial charge on any atom is 0.233 e. The van der Waals surface area contributed by atoms with Crippen LogP contribution >= 0.6 is 0 Å². The van der Waals surface area contributed by atoms with E-state index in [1.807, 2.05) is 31.2 Å². The third-order valence-electron chi connectivity index (χ3n) is 3.85. The van der Waals surface area contributed by atoms with Gasteiger partial charge in [0.1, 0.15) is 11.6 Å². The number of carbonyl (C=O) groups excluding carboxylic acids is 1. The van der Waals surface area contributed by atoms with E-state index in [4.69, 9.17) is 4.74 Å². The van der Waals surface area contributed by atoms with Crippen LogP contribution in [0.1, 0.15) is 24.1 Å². The van der Waals surface area contributed by atoms with Crippen molar-refractivity contribution in [1.29, 1.82) is 0 Å². The first kappa shape index (κ1) is 17.9. The molecular weight excluding hydrogens is 307 g/mol. The highest BCUT2D eigenvalue weighted by Gasteiger charge is 2.11. The van der Waals surface area contributed by atoms with Crippen molar-refractivity contribution in [1.82, 2.24) is 10.6 Å². The first-order chi connectivity index (χ1) is 11.6. The number of ether oxygens (including phenoxy) is 1. The molecule has 0 radical (unpaired) electrons. The van der Waals surface area contributed by atoms with E-state index in [0.717, 1.165) is 11.3 Å². The second-order valence-electron chi connectivity index (χ2n) is 5.54. The lowest BCUT2D eigenvalue weighted by Gasteiger charge is -2.15. The molecule has 0 heterocycles. The predicted molar refractivity (Wildman–Crippen MR) is 92.5 cm³/mol. The van der Waals surface area contributed by atoms with Gasteiger partial charge in [-0.1, -0.05) is 36.4 Å². The first-order valence-electron chi connectivity index (χ1n) is 7.98. The Balaban J connectivity index is 1.75. The van der Waals surface area contributed by atoms with Crippen LogP contribution in [0.15, 0.2) is 48.5 Å². The van der Waals surface area contributed by atoms with Crippen molar-refractivity contribution < 1.29 is 13.9 Å². The molecule has 0 aliphatic heterocycles. The maximum absolute atomic E-state index is 13.7. The van der Waals surface area contributed by atoms with Crippen LogP contribution in [-0.2, 0) is 11.2 Å². The van der Waals surface area contributed by atoms with Crippen LogP contribution < -0.4 is 15.4 Å². The minimum Gasteiger partial charge on any atom is -0.496 e. The van der Waals surface area contributed by atoms with Gasteiger partial charge in [-0.05, 0) is 31.0 Å². The zero-order chi connectivity index (χ0) is 17.4. The van der Waals surface area contributed by atoms with Gasteiger partial charge in [-0.15, -0.1) is 0 Å². The second kappa shape index (κ2) is 9.03. The summed E-state index contributed by atoms with van der Waals surface area (Å²) in [5.41, 5.74) is 1.60. The summed E-state index contributed by atoms with van der Waals surface area (Å²) in [5.74, 6) is 0.431. The molecule has 128 valence electrons. The average Bonchev–Trinajstić information content (AvgIpc) is 2.60. The highest BCUT2D eigenvalue weighted by atomic mass is 19.1. The number of amides is 1. The quantitative estimate of drug-likeness (QED) is 0.782. The normalized spacial score (nSPS) is 11.8. The van der Waals surface area contributed by atoms with Crippen molar-refractivity contribution in [2.24, 2.45) is 0 Å². The van der Waals surface area contributed by atoms with Crippen molar-refractivity contribution in [2.45, 2.75) is 19.4 Å². The Morgan fingerprint density at radius 3 is 2.62 bits per heavy atom.